The van der Waals surface area contributed by atoms with Crippen molar-refractivity contribution < 1.29 is 8.78 Å². The molecule has 0 aliphatic rings. The van der Waals surface area contributed by atoms with Gasteiger partial charge in [-0.15, -0.1) is 10.2 Å². The molecule has 0 fully saturated rings. The van der Waals surface area contributed by atoms with Gasteiger partial charge >= 0.3 is 0 Å². The molecule has 0 aliphatic carbocycles. The van der Waals surface area contributed by atoms with Crippen LogP contribution >= 0.6 is 11.3 Å². The van der Waals surface area contributed by atoms with E-state index < -0.39 is 11.6 Å². The van der Waals surface area contributed by atoms with Gasteiger partial charge in [-0.2, -0.15) is 0 Å². The van der Waals surface area contributed by atoms with Gasteiger partial charge in [0.05, 0.1) is 6.04 Å². The lowest BCUT2D eigenvalue weighted by Crippen LogP contribution is -2.19. The highest BCUT2D eigenvalue weighted by Crippen LogP contribution is 2.23. The Morgan fingerprint density at radius 3 is 2.65 bits per heavy atom. The van der Waals surface area contributed by atoms with E-state index in [0.717, 1.165) is 29.0 Å². The van der Waals surface area contributed by atoms with E-state index in [0.29, 0.717) is 12.0 Å². The average Bonchev–Trinajstić information content (AvgIpc) is 2.88. The zero-order valence-corrected chi connectivity index (χ0v) is 12.3. The summed E-state index contributed by atoms with van der Waals surface area (Å²) < 4.78 is 26.0. The first-order valence-corrected chi connectivity index (χ1v) is 7.45. The molecule has 1 heterocycles. The van der Waals surface area contributed by atoms with Gasteiger partial charge in [0.15, 0.2) is 11.6 Å². The number of halogens is 2. The molecule has 1 aromatic heterocycles. The molecule has 1 unspecified atom stereocenters. The highest BCUT2D eigenvalue weighted by Gasteiger charge is 2.14. The summed E-state index contributed by atoms with van der Waals surface area (Å²) >= 11 is 1.51. The Kier molecular flexibility index (Phi) is 5.14. The summed E-state index contributed by atoms with van der Waals surface area (Å²) in [7, 11) is 0. The van der Waals surface area contributed by atoms with Crippen LogP contribution in [0.1, 0.15) is 41.9 Å². The minimum Gasteiger partial charge on any atom is -0.308 e. The number of benzene rings is 1. The summed E-state index contributed by atoms with van der Waals surface area (Å²) in [5, 5.41) is 13.4. The number of hydrogen-bond acceptors (Lipinski definition) is 4. The molecule has 0 spiro atoms. The zero-order valence-electron chi connectivity index (χ0n) is 11.5. The van der Waals surface area contributed by atoms with Crippen LogP contribution in [0.4, 0.5) is 8.78 Å². The SMILES string of the molecule is CCNC(CC)c1nnc(Cc2ccc(F)c(F)c2)s1. The van der Waals surface area contributed by atoms with Crippen molar-refractivity contribution in [3.63, 3.8) is 0 Å². The Hall–Kier alpha value is -1.40. The summed E-state index contributed by atoms with van der Waals surface area (Å²) in [6, 6.07) is 4.12. The fourth-order valence-corrected chi connectivity index (χ4v) is 2.99. The lowest BCUT2D eigenvalue weighted by atomic mass is 10.1. The highest BCUT2D eigenvalue weighted by atomic mass is 32.1. The van der Waals surface area contributed by atoms with Crippen molar-refractivity contribution in [3.8, 4) is 0 Å². The van der Waals surface area contributed by atoms with Crippen LogP contribution in [0, 0.1) is 11.6 Å². The van der Waals surface area contributed by atoms with Gasteiger partial charge in [-0.05, 0) is 30.7 Å². The molecule has 0 radical (unpaired) electrons. The Morgan fingerprint density at radius 2 is 2.00 bits per heavy atom. The van der Waals surface area contributed by atoms with E-state index in [9.17, 15) is 8.78 Å². The highest BCUT2D eigenvalue weighted by molar-refractivity contribution is 7.11. The van der Waals surface area contributed by atoms with Crippen LogP contribution in [0.5, 0.6) is 0 Å². The monoisotopic (exact) mass is 297 g/mol. The van der Waals surface area contributed by atoms with Crippen molar-refractivity contribution in [1.29, 1.82) is 0 Å². The van der Waals surface area contributed by atoms with Crippen LogP contribution in [-0.2, 0) is 6.42 Å². The normalized spacial score (nSPS) is 12.6. The molecule has 108 valence electrons. The van der Waals surface area contributed by atoms with E-state index >= 15 is 0 Å². The Bertz CT molecular complexity index is 571. The van der Waals surface area contributed by atoms with Gasteiger partial charge in [0, 0.05) is 6.42 Å². The van der Waals surface area contributed by atoms with Crippen LogP contribution in [0.15, 0.2) is 18.2 Å². The Morgan fingerprint density at radius 1 is 1.20 bits per heavy atom. The van der Waals surface area contributed by atoms with Crippen molar-refractivity contribution in [2.75, 3.05) is 6.54 Å². The molecule has 6 heteroatoms. The second-order valence-corrected chi connectivity index (χ2v) is 5.57. The fourth-order valence-electron chi connectivity index (χ4n) is 1.96. The molecule has 20 heavy (non-hydrogen) atoms. The predicted octanol–water partition coefficient (Wildman–Crippen LogP) is 3.47. The van der Waals surface area contributed by atoms with Crippen LogP contribution in [-0.4, -0.2) is 16.7 Å². The van der Waals surface area contributed by atoms with Crippen LogP contribution in [0.3, 0.4) is 0 Å². The van der Waals surface area contributed by atoms with Crippen molar-refractivity contribution in [3.05, 3.63) is 45.4 Å². The van der Waals surface area contributed by atoms with E-state index in [1.807, 2.05) is 6.92 Å². The molecule has 1 atom stereocenters. The van der Waals surface area contributed by atoms with E-state index in [4.69, 9.17) is 0 Å². The summed E-state index contributed by atoms with van der Waals surface area (Å²) in [4.78, 5) is 0. The second kappa shape index (κ2) is 6.85. The molecule has 1 aromatic carbocycles. The first kappa shape index (κ1) is 15.0. The summed E-state index contributed by atoms with van der Waals surface area (Å²) in [5.74, 6) is -1.66. The minimum atomic E-state index is -0.829. The largest absolute Gasteiger partial charge is 0.308 e. The zero-order chi connectivity index (χ0) is 14.5. The quantitative estimate of drug-likeness (QED) is 0.887. The van der Waals surface area contributed by atoms with Gasteiger partial charge in [-0.1, -0.05) is 31.3 Å². The topological polar surface area (TPSA) is 37.8 Å². The van der Waals surface area contributed by atoms with E-state index in [-0.39, 0.29) is 6.04 Å². The van der Waals surface area contributed by atoms with Gasteiger partial charge in [0.25, 0.3) is 0 Å². The summed E-state index contributed by atoms with van der Waals surface area (Å²) in [6.45, 7) is 5.01. The number of nitrogens with zero attached hydrogens (tertiary/aromatic N) is 2. The van der Waals surface area contributed by atoms with Gasteiger partial charge in [0.1, 0.15) is 10.0 Å². The van der Waals surface area contributed by atoms with Crippen molar-refractivity contribution in [2.24, 2.45) is 0 Å². The van der Waals surface area contributed by atoms with Gasteiger partial charge in [-0.3, -0.25) is 0 Å². The van der Waals surface area contributed by atoms with Gasteiger partial charge in [0.2, 0.25) is 0 Å². The van der Waals surface area contributed by atoms with E-state index in [1.54, 1.807) is 6.07 Å². The third-order valence-corrected chi connectivity index (χ3v) is 4.02. The Balaban J connectivity index is 2.10. The van der Waals surface area contributed by atoms with E-state index in [1.165, 1.54) is 17.4 Å². The molecule has 3 nitrogen and oxygen atoms in total. The smallest absolute Gasteiger partial charge is 0.159 e. The lowest BCUT2D eigenvalue weighted by Gasteiger charge is -2.10. The van der Waals surface area contributed by atoms with Crippen molar-refractivity contribution in [1.82, 2.24) is 15.5 Å². The molecular formula is C14H17F2N3S. The van der Waals surface area contributed by atoms with Crippen LogP contribution < -0.4 is 5.32 Å². The van der Waals surface area contributed by atoms with Crippen LogP contribution in [0.25, 0.3) is 0 Å². The molecular weight excluding hydrogens is 280 g/mol. The maximum absolute atomic E-state index is 13.2. The molecule has 2 aromatic rings. The molecule has 2 rings (SSSR count). The molecule has 0 amide bonds. The maximum atomic E-state index is 13.2. The van der Waals surface area contributed by atoms with Gasteiger partial charge in [-0.25, -0.2) is 8.78 Å². The number of aromatic nitrogens is 2. The Labute approximate surface area is 121 Å². The fraction of sp³-hybridized carbons (Fsp3) is 0.429. The molecule has 0 bridgehead atoms. The third-order valence-electron chi connectivity index (χ3n) is 2.98. The molecule has 0 saturated heterocycles. The number of rotatable bonds is 6. The van der Waals surface area contributed by atoms with Gasteiger partial charge < -0.3 is 5.32 Å². The predicted molar refractivity (Wildman–Crippen MR) is 75.8 cm³/mol. The number of hydrogen-bond donors (Lipinski definition) is 1. The first-order valence-electron chi connectivity index (χ1n) is 6.63. The lowest BCUT2D eigenvalue weighted by molar-refractivity contribution is 0.507. The number of nitrogens with one attached hydrogen (secondary N) is 1. The minimum absolute atomic E-state index is 0.205. The standard InChI is InChI=1S/C14H17F2N3S/c1-3-12(17-4-2)14-19-18-13(20-14)8-9-5-6-10(15)11(16)7-9/h5-7,12,17H,3-4,8H2,1-2H3. The summed E-state index contributed by atoms with van der Waals surface area (Å²) in [6.07, 6.45) is 1.41. The van der Waals surface area contributed by atoms with Crippen LogP contribution in [0.2, 0.25) is 0 Å². The molecule has 1 N–H and O–H groups in total. The van der Waals surface area contributed by atoms with Crippen molar-refractivity contribution in [2.45, 2.75) is 32.7 Å². The molecule has 0 saturated carbocycles. The van der Waals surface area contributed by atoms with Crippen molar-refractivity contribution >= 4 is 11.3 Å². The third kappa shape index (κ3) is 3.58. The maximum Gasteiger partial charge on any atom is 0.159 e. The van der Waals surface area contributed by atoms with E-state index in [2.05, 4.69) is 22.4 Å². The molecule has 0 aliphatic heterocycles. The summed E-state index contributed by atoms with van der Waals surface area (Å²) in [5.41, 5.74) is 0.697. The average molecular weight is 297 g/mol. The second-order valence-electron chi connectivity index (χ2n) is 4.48. The first-order chi connectivity index (χ1) is 9.63.